The molecule has 0 aliphatic carbocycles. The van der Waals surface area contributed by atoms with Gasteiger partial charge in [-0.3, -0.25) is 0 Å². The minimum Gasteiger partial charge on any atom is -0.126 e. The standard InChI is InChI=1S/C15H23Cl/c1-4-13(5-2)10-14(11-16)15-9-7-6-8-12(15)3/h6-9,13-14H,4-5,10-11H2,1-3H3. The van der Waals surface area contributed by atoms with E-state index in [9.17, 15) is 0 Å². The van der Waals surface area contributed by atoms with Crippen LogP contribution in [0, 0.1) is 12.8 Å². The van der Waals surface area contributed by atoms with Crippen LogP contribution in [0.1, 0.15) is 50.2 Å². The van der Waals surface area contributed by atoms with Crippen molar-refractivity contribution in [2.24, 2.45) is 5.92 Å². The van der Waals surface area contributed by atoms with Gasteiger partial charge in [0.1, 0.15) is 0 Å². The van der Waals surface area contributed by atoms with Crippen LogP contribution in [0.5, 0.6) is 0 Å². The Morgan fingerprint density at radius 2 is 1.75 bits per heavy atom. The molecule has 0 heterocycles. The zero-order valence-corrected chi connectivity index (χ0v) is 11.4. The maximum absolute atomic E-state index is 6.13. The van der Waals surface area contributed by atoms with Crippen molar-refractivity contribution in [2.75, 3.05) is 5.88 Å². The molecule has 1 rings (SSSR count). The molecule has 0 fully saturated rings. The first-order valence-electron chi connectivity index (χ1n) is 6.34. The summed E-state index contributed by atoms with van der Waals surface area (Å²) in [6, 6.07) is 8.63. The van der Waals surface area contributed by atoms with Crippen molar-refractivity contribution in [3.63, 3.8) is 0 Å². The van der Waals surface area contributed by atoms with E-state index in [4.69, 9.17) is 11.6 Å². The molecule has 0 aromatic heterocycles. The number of halogens is 1. The van der Waals surface area contributed by atoms with Gasteiger partial charge >= 0.3 is 0 Å². The third-order valence-electron chi connectivity index (χ3n) is 3.59. The van der Waals surface area contributed by atoms with E-state index in [1.54, 1.807) is 0 Å². The van der Waals surface area contributed by atoms with Gasteiger partial charge in [-0.1, -0.05) is 51.0 Å². The molecule has 0 nitrogen and oxygen atoms in total. The Hall–Kier alpha value is -0.490. The molecule has 1 aromatic carbocycles. The molecule has 1 unspecified atom stereocenters. The van der Waals surface area contributed by atoms with Crippen LogP contribution in [-0.4, -0.2) is 5.88 Å². The normalized spacial score (nSPS) is 13.1. The first kappa shape index (κ1) is 13.6. The summed E-state index contributed by atoms with van der Waals surface area (Å²) in [5, 5.41) is 0. The maximum atomic E-state index is 6.13. The summed E-state index contributed by atoms with van der Waals surface area (Å²) >= 11 is 6.13. The zero-order valence-electron chi connectivity index (χ0n) is 10.7. The third-order valence-corrected chi connectivity index (χ3v) is 3.96. The Balaban J connectivity index is 2.78. The van der Waals surface area contributed by atoms with Crippen molar-refractivity contribution in [1.82, 2.24) is 0 Å². The lowest BCUT2D eigenvalue weighted by Gasteiger charge is -2.21. The SMILES string of the molecule is CCC(CC)CC(CCl)c1ccccc1C. The van der Waals surface area contributed by atoms with Gasteiger partial charge in [0.2, 0.25) is 0 Å². The van der Waals surface area contributed by atoms with Gasteiger partial charge in [-0.2, -0.15) is 0 Å². The van der Waals surface area contributed by atoms with Gasteiger partial charge in [0, 0.05) is 5.88 Å². The van der Waals surface area contributed by atoms with E-state index in [1.165, 1.54) is 30.4 Å². The van der Waals surface area contributed by atoms with Crippen molar-refractivity contribution >= 4 is 11.6 Å². The number of aryl methyl sites for hydroxylation is 1. The molecule has 0 radical (unpaired) electrons. The van der Waals surface area contributed by atoms with Crippen LogP contribution in [0.25, 0.3) is 0 Å². The fourth-order valence-corrected chi connectivity index (χ4v) is 2.63. The minimum atomic E-state index is 0.521. The van der Waals surface area contributed by atoms with E-state index in [1.807, 2.05) is 0 Å². The largest absolute Gasteiger partial charge is 0.126 e. The molecule has 1 heteroatoms. The van der Waals surface area contributed by atoms with Crippen molar-refractivity contribution in [3.8, 4) is 0 Å². The van der Waals surface area contributed by atoms with Crippen molar-refractivity contribution in [2.45, 2.75) is 46.0 Å². The minimum absolute atomic E-state index is 0.521. The van der Waals surface area contributed by atoms with Gasteiger partial charge in [0.25, 0.3) is 0 Å². The Kier molecular flexibility index (Phi) is 5.90. The van der Waals surface area contributed by atoms with E-state index >= 15 is 0 Å². The maximum Gasteiger partial charge on any atom is 0.0292 e. The summed E-state index contributed by atoms with van der Waals surface area (Å²) in [5.41, 5.74) is 2.81. The highest BCUT2D eigenvalue weighted by Crippen LogP contribution is 2.30. The van der Waals surface area contributed by atoms with E-state index in [2.05, 4.69) is 45.0 Å². The molecule has 0 saturated heterocycles. The quantitative estimate of drug-likeness (QED) is 0.602. The van der Waals surface area contributed by atoms with Crippen LogP contribution in [0.15, 0.2) is 24.3 Å². The second-order valence-electron chi connectivity index (χ2n) is 4.63. The molecule has 0 saturated carbocycles. The van der Waals surface area contributed by atoms with Crippen LogP contribution in [0.3, 0.4) is 0 Å². The lowest BCUT2D eigenvalue weighted by atomic mass is 9.85. The molecule has 1 aromatic rings. The molecule has 0 aliphatic heterocycles. The van der Waals surface area contributed by atoms with Crippen molar-refractivity contribution in [1.29, 1.82) is 0 Å². The van der Waals surface area contributed by atoms with Crippen LogP contribution in [-0.2, 0) is 0 Å². The second kappa shape index (κ2) is 6.96. The average Bonchev–Trinajstić information content (AvgIpc) is 2.32. The molecular formula is C15H23Cl. The van der Waals surface area contributed by atoms with Crippen LogP contribution < -0.4 is 0 Å². The fourth-order valence-electron chi connectivity index (χ4n) is 2.34. The fraction of sp³-hybridized carbons (Fsp3) is 0.600. The molecule has 0 amide bonds. The highest BCUT2D eigenvalue weighted by molar-refractivity contribution is 6.18. The smallest absolute Gasteiger partial charge is 0.0292 e. The molecule has 0 N–H and O–H groups in total. The topological polar surface area (TPSA) is 0 Å². The van der Waals surface area contributed by atoms with Gasteiger partial charge in [0.05, 0.1) is 0 Å². The highest BCUT2D eigenvalue weighted by Gasteiger charge is 2.16. The number of alkyl halides is 1. The predicted molar refractivity (Wildman–Crippen MR) is 73.3 cm³/mol. The summed E-state index contributed by atoms with van der Waals surface area (Å²) in [6.45, 7) is 6.73. The van der Waals surface area contributed by atoms with E-state index in [0.717, 1.165) is 11.8 Å². The average molecular weight is 239 g/mol. The lowest BCUT2D eigenvalue weighted by Crippen LogP contribution is -2.09. The van der Waals surface area contributed by atoms with E-state index in [-0.39, 0.29) is 0 Å². The molecule has 1 atom stereocenters. The number of benzene rings is 1. The molecule has 90 valence electrons. The summed E-state index contributed by atoms with van der Waals surface area (Å²) in [4.78, 5) is 0. The first-order chi connectivity index (χ1) is 7.72. The number of rotatable bonds is 6. The molecule has 16 heavy (non-hydrogen) atoms. The first-order valence-corrected chi connectivity index (χ1v) is 6.87. The van der Waals surface area contributed by atoms with Crippen LogP contribution in [0.4, 0.5) is 0 Å². The van der Waals surface area contributed by atoms with Gasteiger partial charge < -0.3 is 0 Å². The summed E-state index contributed by atoms with van der Waals surface area (Å²) in [5.74, 6) is 2.07. The molecule has 0 aliphatic rings. The lowest BCUT2D eigenvalue weighted by molar-refractivity contribution is 0.423. The Morgan fingerprint density at radius 1 is 1.12 bits per heavy atom. The summed E-state index contributed by atoms with van der Waals surface area (Å²) < 4.78 is 0. The van der Waals surface area contributed by atoms with Crippen LogP contribution >= 0.6 is 11.6 Å². The van der Waals surface area contributed by atoms with E-state index < -0.39 is 0 Å². The third kappa shape index (κ3) is 3.52. The van der Waals surface area contributed by atoms with Gasteiger partial charge in [-0.25, -0.2) is 0 Å². The van der Waals surface area contributed by atoms with Crippen molar-refractivity contribution in [3.05, 3.63) is 35.4 Å². The van der Waals surface area contributed by atoms with Crippen LogP contribution in [0.2, 0.25) is 0 Å². The zero-order chi connectivity index (χ0) is 12.0. The highest BCUT2D eigenvalue weighted by atomic mass is 35.5. The Morgan fingerprint density at radius 3 is 2.25 bits per heavy atom. The number of hydrogen-bond acceptors (Lipinski definition) is 0. The Labute approximate surface area is 105 Å². The summed E-state index contributed by atoms with van der Waals surface area (Å²) in [6.07, 6.45) is 3.74. The second-order valence-corrected chi connectivity index (χ2v) is 4.93. The predicted octanol–water partition coefficient (Wildman–Crippen LogP) is 5.14. The molecular weight excluding hydrogens is 216 g/mol. The van der Waals surface area contributed by atoms with Crippen molar-refractivity contribution < 1.29 is 0 Å². The molecule has 0 spiro atoms. The molecule has 0 bridgehead atoms. The Bertz CT molecular complexity index is 302. The van der Waals surface area contributed by atoms with Gasteiger partial charge in [-0.15, -0.1) is 11.6 Å². The monoisotopic (exact) mass is 238 g/mol. The van der Waals surface area contributed by atoms with E-state index in [0.29, 0.717) is 5.92 Å². The number of hydrogen-bond donors (Lipinski definition) is 0. The van der Waals surface area contributed by atoms with Gasteiger partial charge in [0.15, 0.2) is 0 Å². The summed E-state index contributed by atoms with van der Waals surface area (Å²) in [7, 11) is 0. The van der Waals surface area contributed by atoms with Gasteiger partial charge in [-0.05, 0) is 36.3 Å².